The van der Waals surface area contributed by atoms with E-state index >= 15 is 0 Å². The van der Waals surface area contributed by atoms with Crippen LogP contribution in [0.5, 0.6) is 0 Å². The van der Waals surface area contributed by atoms with Crippen LogP contribution in [0.1, 0.15) is 47.9 Å². The van der Waals surface area contributed by atoms with E-state index in [1.54, 1.807) is 6.07 Å². The standard InChI is InChI=1S/C13H15NO2/c1-13(2)8-5-7-3-4-10(12(15)16)14-11(7)9(13)6-8/h3-4,8-9H,5-6H2,1-2H3,(H,15,16)/t8-,9-/m1/s1. The van der Waals surface area contributed by atoms with Gasteiger partial charge in [0.05, 0.1) is 0 Å². The number of hydrogen-bond donors (Lipinski definition) is 1. The molecule has 3 aliphatic rings. The van der Waals surface area contributed by atoms with Gasteiger partial charge in [0.15, 0.2) is 0 Å². The molecule has 2 atom stereocenters. The predicted octanol–water partition coefficient (Wildman–Crippen LogP) is 2.47. The van der Waals surface area contributed by atoms with Crippen LogP contribution in [-0.2, 0) is 6.42 Å². The van der Waals surface area contributed by atoms with E-state index in [2.05, 4.69) is 18.8 Å². The van der Waals surface area contributed by atoms with Crippen LogP contribution in [0, 0.1) is 11.3 Å². The Labute approximate surface area is 94.5 Å². The fourth-order valence-electron chi connectivity index (χ4n) is 3.19. The molecule has 3 heteroatoms. The van der Waals surface area contributed by atoms with Crippen molar-refractivity contribution < 1.29 is 9.90 Å². The molecule has 0 spiro atoms. The smallest absolute Gasteiger partial charge is 0.354 e. The highest BCUT2D eigenvalue weighted by Gasteiger charge is 2.53. The van der Waals surface area contributed by atoms with Gasteiger partial charge >= 0.3 is 5.97 Å². The van der Waals surface area contributed by atoms with Crippen LogP contribution in [0.25, 0.3) is 0 Å². The van der Waals surface area contributed by atoms with Crippen LogP contribution in [-0.4, -0.2) is 16.1 Å². The minimum atomic E-state index is -0.929. The molecule has 1 aromatic rings. The minimum Gasteiger partial charge on any atom is -0.477 e. The Balaban J connectivity index is 2.09. The predicted molar refractivity (Wildman–Crippen MR) is 59.5 cm³/mol. The Morgan fingerprint density at radius 3 is 2.88 bits per heavy atom. The molecule has 0 aromatic carbocycles. The van der Waals surface area contributed by atoms with Gasteiger partial charge in [-0.3, -0.25) is 0 Å². The first-order valence-electron chi connectivity index (χ1n) is 5.73. The molecule has 0 unspecified atom stereocenters. The van der Waals surface area contributed by atoms with Crippen LogP contribution in [0.2, 0.25) is 0 Å². The number of pyridine rings is 1. The van der Waals surface area contributed by atoms with Gasteiger partial charge in [-0.15, -0.1) is 0 Å². The third-order valence-electron chi connectivity index (χ3n) is 4.50. The van der Waals surface area contributed by atoms with Crippen LogP contribution < -0.4 is 0 Å². The maximum absolute atomic E-state index is 10.9. The van der Waals surface area contributed by atoms with E-state index in [1.165, 1.54) is 12.0 Å². The first-order valence-corrected chi connectivity index (χ1v) is 5.73. The molecule has 1 fully saturated rings. The molecule has 0 amide bonds. The normalized spacial score (nSPS) is 29.1. The molecule has 2 bridgehead atoms. The van der Waals surface area contributed by atoms with Gasteiger partial charge in [-0.25, -0.2) is 9.78 Å². The maximum atomic E-state index is 10.9. The summed E-state index contributed by atoms with van der Waals surface area (Å²) in [7, 11) is 0. The van der Waals surface area contributed by atoms with Gasteiger partial charge < -0.3 is 5.11 Å². The average Bonchev–Trinajstić information content (AvgIpc) is 2.27. The zero-order valence-corrected chi connectivity index (χ0v) is 9.53. The number of aromatic nitrogens is 1. The van der Waals surface area contributed by atoms with E-state index in [0.29, 0.717) is 11.3 Å². The van der Waals surface area contributed by atoms with Gasteiger partial charge in [-0.1, -0.05) is 19.9 Å². The summed E-state index contributed by atoms with van der Waals surface area (Å²) in [5.41, 5.74) is 2.77. The highest BCUT2D eigenvalue weighted by molar-refractivity contribution is 5.85. The Kier molecular flexibility index (Phi) is 1.74. The van der Waals surface area contributed by atoms with Crippen molar-refractivity contribution in [3.05, 3.63) is 29.1 Å². The van der Waals surface area contributed by atoms with Gasteiger partial charge in [0.2, 0.25) is 0 Å². The van der Waals surface area contributed by atoms with Gasteiger partial charge in [0, 0.05) is 11.6 Å². The second-order valence-corrected chi connectivity index (χ2v) is 5.56. The zero-order valence-electron chi connectivity index (χ0n) is 9.53. The summed E-state index contributed by atoms with van der Waals surface area (Å²) in [6.45, 7) is 4.54. The molecule has 16 heavy (non-hydrogen) atoms. The Morgan fingerprint density at radius 1 is 1.50 bits per heavy atom. The Hall–Kier alpha value is -1.38. The fourth-order valence-corrected chi connectivity index (χ4v) is 3.19. The van der Waals surface area contributed by atoms with E-state index in [4.69, 9.17) is 5.11 Å². The van der Waals surface area contributed by atoms with Gasteiger partial charge in [0.1, 0.15) is 5.69 Å². The molecule has 84 valence electrons. The largest absolute Gasteiger partial charge is 0.477 e. The van der Waals surface area contributed by atoms with Gasteiger partial charge in [-0.2, -0.15) is 0 Å². The average molecular weight is 217 g/mol. The molecular weight excluding hydrogens is 202 g/mol. The van der Waals surface area contributed by atoms with Crippen molar-refractivity contribution in [3.63, 3.8) is 0 Å². The van der Waals surface area contributed by atoms with Crippen molar-refractivity contribution in [1.29, 1.82) is 0 Å². The maximum Gasteiger partial charge on any atom is 0.354 e. The van der Waals surface area contributed by atoms with Crippen LogP contribution in [0.3, 0.4) is 0 Å². The molecule has 1 heterocycles. The Bertz CT molecular complexity index is 479. The quantitative estimate of drug-likeness (QED) is 0.786. The Morgan fingerprint density at radius 2 is 2.25 bits per heavy atom. The number of nitrogens with zero attached hydrogens (tertiary/aromatic N) is 1. The molecule has 1 saturated carbocycles. The number of carboxylic acid groups (broad SMARTS) is 1. The lowest BCUT2D eigenvalue weighted by Crippen LogP contribution is -2.48. The van der Waals surface area contributed by atoms with Crippen LogP contribution >= 0.6 is 0 Å². The summed E-state index contributed by atoms with van der Waals surface area (Å²) in [4.78, 5) is 15.2. The zero-order chi connectivity index (χ0) is 11.5. The van der Waals surface area contributed by atoms with Crippen molar-refractivity contribution in [2.75, 3.05) is 0 Å². The van der Waals surface area contributed by atoms with Gasteiger partial charge in [-0.05, 0) is 35.8 Å². The fraction of sp³-hybridized carbons (Fsp3) is 0.538. The SMILES string of the molecule is CC1(C)[C@@H]2Cc3ccc(C(=O)O)nc3[C@H]1C2. The van der Waals surface area contributed by atoms with Crippen molar-refractivity contribution >= 4 is 5.97 Å². The van der Waals surface area contributed by atoms with Crippen molar-refractivity contribution in [1.82, 2.24) is 4.98 Å². The molecule has 3 nitrogen and oxygen atoms in total. The highest BCUT2D eigenvalue weighted by Crippen LogP contribution is 2.61. The number of hydrogen-bond acceptors (Lipinski definition) is 2. The molecule has 0 saturated heterocycles. The van der Waals surface area contributed by atoms with Gasteiger partial charge in [0.25, 0.3) is 0 Å². The summed E-state index contributed by atoms with van der Waals surface area (Å²) >= 11 is 0. The third-order valence-corrected chi connectivity index (χ3v) is 4.50. The number of rotatable bonds is 1. The van der Waals surface area contributed by atoms with E-state index in [0.717, 1.165) is 18.0 Å². The lowest BCUT2D eigenvalue weighted by Gasteiger charge is -2.56. The second kappa shape index (κ2) is 2.84. The second-order valence-electron chi connectivity index (χ2n) is 5.56. The van der Waals surface area contributed by atoms with E-state index in [9.17, 15) is 4.79 Å². The summed E-state index contributed by atoms with van der Waals surface area (Å²) in [5.74, 6) is 0.282. The lowest BCUT2D eigenvalue weighted by atomic mass is 9.48. The van der Waals surface area contributed by atoms with E-state index in [1.807, 2.05) is 6.07 Å². The van der Waals surface area contributed by atoms with Crippen molar-refractivity contribution in [3.8, 4) is 0 Å². The summed E-state index contributed by atoms with van der Waals surface area (Å²) in [5, 5.41) is 8.95. The monoisotopic (exact) mass is 217 g/mol. The number of carboxylic acids is 1. The number of aromatic carboxylic acids is 1. The lowest BCUT2D eigenvalue weighted by molar-refractivity contribution is 0.0152. The van der Waals surface area contributed by atoms with Crippen LogP contribution in [0.15, 0.2) is 12.1 Å². The first kappa shape index (κ1) is 9.82. The van der Waals surface area contributed by atoms with E-state index < -0.39 is 5.97 Å². The topological polar surface area (TPSA) is 50.2 Å². The summed E-state index contributed by atoms with van der Waals surface area (Å²) < 4.78 is 0. The molecule has 0 radical (unpaired) electrons. The molecule has 1 N–H and O–H groups in total. The first-order chi connectivity index (χ1) is 7.50. The minimum absolute atomic E-state index is 0.180. The summed E-state index contributed by atoms with van der Waals surface area (Å²) in [6, 6.07) is 3.57. The molecule has 0 aliphatic heterocycles. The molecule has 4 rings (SSSR count). The summed E-state index contributed by atoms with van der Waals surface area (Å²) in [6.07, 6.45) is 2.24. The molecule has 1 aromatic heterocycles. The van der Waals surface area contributed by atoms with Crippen LogP contribution in [0.4, 0.5) is 0 Å². The molecular formula is C13H15NO2. The van der Waals surface area contributed by atoms with Crippen molar-refractivity contribution in [2.24, 2.45) is 11.3 Å². The number of carbonyl (C=O) groups is 1. The van der Waals surface area contributed by atoms with Crippen molar-refractivity contribution in [2.45, 2.75) is 32.6 Å². The van der Waals surface area contributed by atoms with E-state index in [-0.39, 0.29) is 5.69 Å². The highest BCUT2D eigenvalue weighted by atomic mass is 16.4. The molecule has 3 aliphatic carbocycles. The third kappa shape index (κ3) is 1.09.